The van der Waals surface area contributed by atoms with E-state index in [1.54, 1.807) is 20.8 Å². The lowest BCUT2D eigenvalue weighted by molar-refractivity contribution is 0.485. The van der Waals surface area contributed by atoms with E-state index >= 15 is 0 Å². The maximum Gasteiger partial charge on any atom is 0.277 e. The number of halogens is 1. The van der Waals surface area contributed by atoms with Gasteiger partial charge in [-0.1, -0.05) is 18.2 Å². The van der Waals surface area contributed by atoms with Gasteiger partial charge in [0.25, 0.3) is 10.2 Å². The van der Waals surface area contributed by atoms with E-state index in [-0.39, 0.29) is 11.6 Å². The van der Waals surface area contributed by atoms with Gasteiger partial charge in [0, 0.05) is 17.1 Å². The molecule has 0 aromatic carbocycles. The summed E-state index contributed by atoms with van der Waals surface area (Å²) in [5.74, 6) is 0. The van der Waals surface area contributed by atoms with Crippen LogP contribution in [0.15, 0.2) is 11.6 Å². The van der Waals surface area contributed by atoms with Gasteiger partial charge in [0.15, 0.2) is 0 Å². The molecule has 0 amide bonds. The molecule has 13 heavy (non-hydrogen) atoms. The fourth-order valence-corrected chi connectivity index (χ4v) is 2.00. The first-order chi connectivity index (χ1) is 5.62. The molecule has 0 unspecified atom stereocenters. The standard InChI is InChI=1S/C7H15ClN2O2S/c1-6(8)5-9-13(11,12)10-7(2,3)4/h9-10H,1,5H2,2-4H3. The van der Waals surface area contributed by atoms with Crippen LogP contribution in [0.4, 0.5) is 0 Å². The lowest BCUT2D eigenvalue weighted by Crippen LogP contribution is -2.47. The highest BCUT2D eigenvalue weighted by Crippen LogP contribution is 2.01. The van der Waals surface area contributed by atoms with Crippen LogP contribution in [0.25, 0.3) is 0 Å². The minimum atomic E-state index is -3.48. The van der Waals surface area contributed by atoms with Crippen molar-refractivity contribution in [1.82, 2.24) is 9.44 Å². The fourth-order valence-electron chi connectivity index (χ4n) is 0.612. The van der Waals surface area contributed by atoms with Crippen LogP contribution < -0.4 is 9.44 Å². The lowest BCUT2D eigenvalue weighted by Gasteiger charge is -2.20. The molecule has 0 atom stereocenters. The second-order valence-electron chi connectivity index (χ2n) is 3.69. The third kappa shape index (κ3) is 8.24. The molecule has 78 valence electrons. The monoisotopic (exact) mass is 226 g/mol. The Kier molecular flexibility index (Phi) is 4.38. The molecule has 0 bridgehead atoms. The van der Waals surface area contributed by atoms with E-state index in [9.17, 15) is 8.42 Å². The highest BCUT2D eigenvalue weighted by Gasteiger charge is 2.18. The van der Waals surface area contributed by atoms with Gasteiger partial charge in [-0.15, -0.1) is 0 Å². The smallest absolute Gasteiger partial charge is 0.197 e. The molecular weight excluding hydrogens is 212 g/mol. The van der Waals surface area contributed by atoms with Gasteiger partial charge in [0.1, 0.15) is 0 Å². The minimum Gasteiger partial charge on any atom is -0.197 e. The summed E-state index contributed by atoms with van der Waals surface area (Å²) >= 11 is 5.41. The third-order valence-electron chi connectivity index (χ3n) is 0.895. The van der Waals surface area contributed by atoms with Gasteiger partial charge in [-0.3, -0.25) is 0 Å². The summed E-state index contributed by atoms with van der Waals surface area (Å²) in [5, 5.41) is 0.249. The van der Waals surface area contributed by atoms with Crippen LogP contribution >= 0.6 is 11.6 Å². The molecule has 0 aliphatic heterocycles. The van der Waals surface area contributed by atoms with Gasteiger partial charge < -0.3 is 0 Å². The van der Waals surface area contributed by atoms with Crippen LogP contribution in [-0.2, 0) is 10.2 Å². The Labute approximate surface area is 84.5 Å². The summed E-state index contributed by atoms with van der Waals surface area (Å²) in [6.45, 7) is 8.66. The predicted molar refractivity (Wildman–Crippen MR) is 54.8 cm³/mol. The van der Waals surface area contributed by atoms with Crippen LogP contribution in [0.5, 0.6) is 0 Å². The molecule has 0 radical (unpaired) electrons. The zero-order chi connectivity index (χ0) is 10.7. The van der Waals surface area contributed by atoms with Crippen molar-refractivity contribution in [2.75, 3.05) is 6.54 Å². The third-order valence-corrected chi connectivity index (χ3v) is 2.43. The summed E-state index contributed by atoms with van der Waals surface area (Å²) in [5.41, 5.74) is -0.501. The van der Waals surface area contributed by atoms with E-state index in [1.165, 1.54) is 0 Å². The summed E-state index contributed by atoms with van der Waals surface area (Å²) in [7, 11) is -3.48. The molecule has 0 aliphatic rings. The van der Waals surface area contributed by atoms with Gasteiger partial charge in [-0.2, -0.15) is 17.9 Å². The first-order valence-corrected chi connectivity index (χ1v) is 5.60. The van der Waals surface area contributed by atoms with E-state index in [0.29, 0.717) is 0 Å². The Morgan fingerprint density at radius 1 is 1.46 bits per heavy atom. The Balaban J connectivity index is 4.19. The topological polar surface area (TPSA) is 58.2 Å². The largest absolute Gasteiger partial charge is 0.277 e. The molecule has 0 spiro atoms. The van der Waals surface area contributed by atoms with Crippen molar-refractivity contribution >= 4 is 21.8 Å². The molecule has 0 aliphatic carbocycles. The van der Waals surface area contributed by atoms with Crippen LogP contribution in [0.2, 0.25) is 0 Å². The molecular formula is C7H15ClN2O2S. The quantitative estimate of drug-likeness (QED) is 0.750. The van der Waals surface area contributed by atoms with Crippen LogP contribution in [0.3, 0.4) is 0 Å². The van der Waals surface area contributed by atoms with E-state index in [2.05, 4.69) is 16.0 Å². The second-order valence-corrected chi connectivity index (χ2v) is 5.73. The molecule has 0 fully saturated rings. The molecule has 2 N–H and O–H groups in total. The van der Waals surface area contributed by atoms with Crippen molar-refractivity contribution < 1.29 is 8.42 Å². The first kappa shape index (κ1) is 12.9. The summed E-state index contributed by atoms with van der Waals surface area (Å²) in [6, 6.07) is 0. The van der Waals surface area contributed by atoms with Crippen molar-refractivity contribution in [3.8, 4) is 0 Å². The molecule has 4 nitrogen and oxygen atoms in total. The zero-order valence-electron chi connectivity index (χ0n) is 8.02. The van der Waals surface area contributed by atoms with Crippen molar-refractivity contribution in [3.05, 3.63) is 11.6 Å². The van der Waals surface area contributed by atoms with Crippen LogP contribution in [-0.4, -0.2) is 20.5 Å². The second kappa shape index (κ2) is 4.41. The minimum absolute atomic E-state index is 0.0347. The highest BCUT2D eigenvalue weighted by atomic mass is 35.5. The molecule has 6 heteroatoms. The maximum atomic E-state index is 11.2. The van der Waals surface area contributed by atoms with Crippen molar-refractivity contribution in [2.45, 2.75) is 26.3 Å². The Morgan fingerprint density at radius 2 is 1.92 bits per heavy atom. The van der Waals surface area contributed by atoms with E-state index < -0.39 is 15.7 Å². The normalized spacial score (nSPS) is 12.9. The van der Waals surface area contributed by atoms with E-state index in [4.69, 9.17) is 11.6 Å². The van der Waals surface area contributed by atoms with E-state index in [1.807, 2.05) is 0 Å². The number of rotatable bonds is 4. The summed E-state index contributed by atoms with van der Waals surface area (Å²) in [6.07, 6.45) is 0. The lowest BCUT2D eigenvalue weighted by atomic mass is 10.1. The molecule has 0 aromatic heterocycles. The van der Waals surface area contributed by atoms with Crippen molar-refractivity contribution in [2.24, 2.45) is 0 Å². The van der Waals surface area contributed by atoms with Crippen molar-refractivity contribution in [1.29, 1.82) is 0 Å². The molecule has 0 heterocycles. The van der Waals surface area contributed by atoms with Crippen LogP contribution in [0.1, 0.15) is 20.8 Å². The average molecular weight is 227 g/mol. The van der Waals surface area contributed by atoms with E-state index in [0.717, 1.165) is 0 Å². The predicted octanol–water partition coefficient (Wildman–Crippen LogP) is 0.961. The van der Waals surface area contributed by atoms with Gasteiger partial charge >= 0.3 is 0 Å². The SMILES string of the molecule is C=C(Cl)CNS(=O)(=O)NC(C)(C)C. The van der Waals surface area contributed by atoms with Gasteiger partial charge in [-0.25, -0.2) is 0 Å². The van der Waals surface area contributed by atoms with Crippen LogP contribution in [0, 0.1) is 0 Å². The molecule has 0 aromatic rings. The zero-order valence-corrected chi connectivity index (χ0v) is 9.59. The maximum absolute atomic E-state index is 11.2. The Hall–Kier alpha value is -0.100. The number of hydrogen-bond acceptors (Lipinski definition) is 2. The molecule has 0 saturated heterocycles. The van der Waals surface area contributed by atoms with Gasteiger partial charge in [0.2, 0.25) is 0 Å². The van der Waals surface area contributed by atoms with Gasteiger partial charge in [0.05, 0.1) is 0 Å². The molecule has 0 rings (SSSR count). The summed E-state index contributed by atoms with van der Waals surface area (Å²) in [4.78, 5) is 0. The molecule has 0 saturated carbocycles. The number of nitrogens with one attached hydrogen (secondary N) is 2. The highest BCUT2D eigenvalue weighted by molar-refractivity contribution is 7.87. The van der Waals surface area contributed by atoms with Gasteiger partial charge in [-0.05, 0) is 20.8 Å². The Morgan fingerprint density at radius 3 is 2.23 bits per heavy atom. The Bertz CT molecular complexity index is 279. The fraction of sp³-hybridized carbons (Fsp3) is 0.714. The first-order valence-electron chi connectivity index (χ1n) is 3.74. The number of hydrogen-bond donors (Lipinski definition) is 2. The summed E-state index contributed by atoms with van der Waals surface area (Å²) < 4.78 is 27.1. The van der Waals surface area contributed by atoms with Crippen molar-refractivity contribution in [3.63, 3.8) is 0 Å². The average Bonchev–Trinajstić information content (AvgIpc) is 1.78.